The summed E-state index contributed by atoms with van der Waals surface area (Å²) in [5.41, 5.74) is 2.16. The second-order valence-electron chi connectivity index (χ2n) is 7.86. The fourth-order valence-electron chi connectivity index (χ4n) is 2.16. The van der Waals surface area contributed by atoms with Gasteiger partial charge in [-0.3, -0.25) is 14.4 Å². The molecule has 9 heteroatoms. The van der Waals surface area contributed by atoms with E-state index in [1.54, 1.807) is 6.08 Å². The number of carbonyl (C=O) groups excluding carboxylic acids is 3. The predicted molar refractivity (Wildman–Crippen MR) is 113 cm³/mol. The molecule has 1 atom stereocenters. The molecule has 154 valence electrons. The first-order valence-corrected chi connectivity index (χ1v) is 9.73. The fourth-order valence-corrected chi connectivity index (χ4v) is 3.13. The average molecular weight is 419 g/mol. The van der Waals surface area contributed by atoms with E-state index >= 15 is 0 Å². The second kappa shape index (κ2) is 11.3. The molecule has 0 spiro atoms. The van der Waals surface area contributed by atoms with E-state index in [2.05, 4.69) is 15.8 Å². The van der Waals surface area contributed by atoms with Crippen LogP contribution in [0.3, 0.4) is 0 Å². The molecule has 0 bridgehead atoms. The lowest BCUT2D eigenvalue weighted by molar-refractivity contribution is -0.140. The normalized spacial score (nSPS) is 17.1. The molecule has 27 heavy (non-hydrogen) atoms. The highest BCUT2D eigenvalue weighted by Crippen LogP contribution is 2.15. The van der Waals surface area contributed by atoms with Gasteiger partial charge in [-0.15, -0.1) is 17.5 Å². The maximum atomic E-state index is 12.5. The topological polar surface area (TPSA) is 90.9 Å². The molecule has 1 aliphatic heterocycles. The Hall–Kier alpha value is -1.54. The third-order valence-electron chi connectivity index (χ3n) is 3.54. The van der Waals surface area contributed by atoms with Gasteiger partial charge in [-0.25, -0.2) is 5.43 Å². The molecule has 7 nitrogen and oxygen atoms in total. The van der Waals surface area contributed by atoms with Crippen molar-refractivity contribution >= 4 is 46.9 Å². The number of amides is 2. The van der Waals surface area contributed by atoms with E-state index in [-0.39, 0.29) is 29.6 Å². The van der Waals surface area contributed by atoms with Crippen LogP contribution in [-0.2, 0) is 14.4 Å². The molecule has 0 aromatic rings. The molecule has 2 amide bonds. The Morgan fingerprint density at radius 2 is 1.93 bits per heavy atom. The van der Waals surface area contributed by atoms with E-state index in [9.17, 15) is 14.4 Å². The molecule has 1 rings (SSSR count). The first-order valence-electron chi connectivity index (χ1n) is 8.75. The number of hydrogen-bond acceptors (Lipinski definition) is 5. The van der Waals surface area contributed by atoms with Crippen LogP contribution in [0.1, 0.15) is 41.0 Å². The average Bonchev–Trinajstić information content (AvgIpc) is 2.93. The number of rotatable bonds is 7. The van der Waals surface area contributed by atoms with Crippen molar-refractivity contribution in [3.63, 3.8) is 0 Å². The van der Waals surface area contributed by atoms with Gasteiger partial charge in [0.05, 0.1) is 6.04 Å². The van der Waals surface area contributed by atoms with Crippen LogP contribution in [0.4, 0.5) is 0 Å². The number of allylic oxidation sites excluding steroid dienone is 1. The summed E-state index contributed by atoms with van der Waals surface area (Å²) < 4.78 is 0. The third-order valence-corrected chi connectivity index (χ3v) is 4.58. The van der Waals surface area contributed by atoms with Gasteiger partial charge in [0, 0.05) is 19.3 Å². The maximum absolute atomic E-state index is 12.5. The lowest BCUT2D eigenvalue weighted by Gasteiger charge is -2.18. The lowest BCUT2D eigenvalue weighted by atomic mass is 9.96. The van der Waals surface area contributed by atoms with Crippen LogP contribution >= 0.6 is 24.2 Å². The summed E-state index contributed by atoms with van der Waals surface area (Å²) in [7, 11) is 1.87. The van der Waals surface area contributed by atoms with Crippen molar-refractivity contribution in [2.24, 2.45) is 16.4 Å². The minimum absolute atomic E-state index is 0. The van der Waals surface area contributed by atoms with Crippen LogP contribution in [-0.4, -0.2) is 53.1 Å². The fraction of sp³-hybridized carbons (Fsp3) is 0.667. The monoisotopic (exact) mass is 418 g/mol. The highest BCUT2D eigenvalue weighted by atomic mass is 35.5. The molecule has 0 saturated carbocycles. The van der Waals surface area contributed by atoms with Crippen molar-refractivity contribution in [2.75, 3.05) is 19.3 Å². The largest absolute Gasteiger partial charge is 0.352 e. The Labute approximate surface area is 172 Å². The maximum Gasteiger partial charge on any atom is 0.309 e. The van der Waals surface area contributed by atoms with Gasteiger partial charge in [0.25, 0.3) is 0 Å². The standard InChI is InChI=1S/C18H30N4O3S.ClH/c1-12(2)11-13(19-14(23)7-8-18(3,4)5)15(24)16(25)20-21-17-22(6)9-10-26-17;/h7-8,12-13H,9-11H2,1-6H3,(H,19,23)(H,20,25);1H/b8-7+,21-17?;/t13-;/m0./s1. The molecular formula is C18H31ClN4O3S. The van der Waals surface area contributed by atoms with Gasteiger partial charge in [0.2, 0.25) is 11.7 Å². The van der Waals surface area contributed by atoms with E-state index in [1.165, 1.54) is 17.8 Å². The zero-order valence-corrected chi connectivity index (χ0v) is 18.5. The SMILES string of the molecule is CC(C)C[C@H](NC(=O)/C=C/C(C)(C)C)C(=O)C(=O)NN=C1SCCN1C.Cl. The van der Waals surface area contributed by atoms with E-state index in [0.717, 1.165) is 12.3 Å². The quantitative estimate of drug-likeness (QED) is 0.375. The smallest absolute Gasteiger partial charge is 0.309 e. The number of nitrogens with one attached hydrogen (secondary N) is 2. The molecule has 1 fully saturated rings. The Morgan fingerprint density at radius 1 is 1.30 bits per heavy atom. The minimum Gasteiger partial charge on any atom is -0.352 e. The van der Waals surface area contributed by atoms with Crippen LogP contribution in [0.2, 0.25) is 0 Å². The number of ketones is 1. The second-order valence-corrected chi connectivity index (χ2v) is 8.92. The Balaban J connectivity index is 0.00000676. The molecule has 0 radical (unpaired) electrons. The van der Waals surface area contributed by atoms with Crippen LogP contribution < -0.4 is 10.7 Å². The van der Waals surface area contributed by atoms with E-state index < -0.39 is 17.7 Å². The van der Waals surface area contributed by atoms with Crippen molar-refractivity contribution in [2.45, 2.75) is 47.1 Å². The highest BCUT2D eigenvalue weighted by molar-refractivity contribution is 8.14. The van der Waals surface area contributed by atoms with E-state index in [1.807, 2.05) is 46.6 Å². The molecule has 1 aliphatic rings. The van der Waals surface area contributed by atoms with Gasteiger partial charge in [-0.1, -0.05) is 52.5 Å². The molecule has 2 N–H and O–H groups in total. The summed E-state index contributed by atoms with van der Waals surface area (Å²) in [5, 5.41) is 7.30. The summed E-state index contributed by atoms with van der Waals surface area (Å²) in [5.74, 6) is -0.850. The predicted octanol–water partition coefficient (Wildman–Crippen LogP) is 2.18. The number of carbonyl (C=O) groups is 3. The summed E-state index contributed by atoms with van der Waals surface area (Å²) in [6.45, 7) is 10.6. The first kappa shape index (κ1) is 25.5. The number of hydrazone groups is 1. The van der Waals surface area contributed by atoms with E-state index in [4.69, 9.17) is 0 Å². The number of thioether (sulfide) groups is 1. The molecule has 0 aromatic carbocycles. The van der Waals surface area contributed by atoms with Gasteiger partial charge in [0.15, 0.2) is 5.17 Å². The number of Topliss-reactive ketones (excluding diaryl/α,β-unsaturated/α-hetero) is 1. The van der Waals surface area contributed by atoms with Gasteiger partial charge in [0.1, 0.15) is 0 Å². The zero-order chi connectivity index (χ0) is 19.9. The minimum atomic E-state index is -0.874. The van der Waals surface area contributed by atoms with Gasteiger partial charge < -0.3 is 10.2 Å². The van der Waals surface area contributed by atoms with Crippen molar-refractivity contribution in [1.29, 1.82) is 0 Å². The first-order chi connectivity index (χ1) is 12.0. The highest BCUT2D eigenvalue weighted by Gasteiger charge is 2.27. The molecule has 0 aromatic heterocycles. The Morgan fingerprint density at radius 3 is 2.41 bits per heavy atom. The van der Waals surface area contributed by atoms with Crippen LogP contribution in [0, 0.1) is 11.3 Å². The number of hydrogen-bond donors (Lipinski definition) is 2. The molecule has 0 aliphatic carbocycles. The molecule has 1 heterocycles. The summed E-state index contributed by atoms with van der Waals surface area (Å²) in [4.78, 5) is 38.6. The zero-order valence-electron chi connectivity index (χ0n) is 16.9. The van der Waals surface area contributed by atoms with Crippen LogP contribution in [0.15, 0.2) is 17.3 Å². The Bertz CT molecular complexity index is 600. The summed E-state index contributed by atoms with van der Waals surface area (Å²) >= 11 is 1.51. The van der Waals surface area contributed by atoms with Gasteiger partial charge >= 0.3 is 5.91 Å². The van der Waals surface area contributed by atoms with Crippen LogP contribution in [0.25, 0.3) is 0 Å². The molecular weight excluding hydrogens is 388 g/mol. The number of halogens is 1. The summed E-state index contributed by atoms with van der Waals surface area (Å²) in [6.07, 6.45) is 3.55. The lowest BCUT2D eigenvalue weighted by Crippen LogP contribution is -2.47. The molecule has 1 saturated heterocycles. The van der Waals surface area contributed by atoms with Crippen molar-refractivity contribution in [1.82, 2.24) is 15.6 Å². The van der Waals surface area contributed by atoms with Gasteiger partial charge in [-0.2, -0.15) is 0 Å². The van der Waals surface area contributed by atoms with Crippen molar-refractivity contribution < 1.29 is 14.4 Å². The number of nitrogens with zero attached hydrogens (tertiary/aromatic N) is 2. The Kier molecular flexibility index (Phi) is 10.7. The third kappa shape index (κ3) is 9.81. The number of amidine groups is 1. The molecule has 0 unspecified atom stereocenters. The van der Waals surface area contributed by atoms with E-state index in [0.29, 0.717) is 11.6 Å². The van der Waals surface area contributed by atoms with Gasteiger partial charge in [-0.05, 0) is 23.8 Å². The van der Waals surface area contributed by atoms with Crippen molar-refractivity contribution in [3.05, 3.63) is 12.2 Å². The summed E-state index contributed by atoms with van der Waals surface area (Å²) in [6, 6.07) is -0.874. The van der Waals surface area contributed by atoms with Crippen molar-refractivity contribution in [3.8, 4) is 0 Å². The van der Waals surface area contributed by atoms with Crippen LogP contribution in [0.5, 0.6) is 0 Å².